The summed E-state index contributed by atoms with van der Waals surface area (Å²) in [5, 5.41) is 3.22. The predicted molar refractivity (Wildman–Crippen MR) is 67.3 cm³/mol. The van der Waals surface area contributed by atoms with Gasteiger partial charge in [-0.25, -0.2) is 8.42 Å². The van der Waals surface area contributed by atoms with Crippen molar-refractivity contribution in [2.75, 3.05) is 17.6 Å². The summed E-state index contributed by atoms with van der Waals surface area (Å²) < 4.78 is 24.8. The number of halogens is 1. The van der Waals surface area contributed by atoms with Crippen molar-refractivity contribution in [1.82, 2.24) is 0 Å². The summed E-state index contributed by atoms with van der Waals surface area (Å²) in [4.78, 5) is 0.371. The standard InChI is InChI=1S/C10H13BrN2O2S/c11-8-2-1-3-9-10(8)13-7(4-5-12)6-16(9,14)15/h1-3,7,13H,4-6,12H2. The van der Waals surface area contributed by atoms with E-state index in [4.69, 9.17) is 5.73 Å². The molecule has 0 radical (unpaired) electrons. The third kappa shape index (κ3) is 2.09. The molecule has 1 aromatic carbocycles. The number of rotatable bonds is 2. The minimum atomic E-state index is -3.18. The Morgan fingerprint density at radius 3 is 2.94 bits per heavy atom. The van der Waals surface area contributed by atoms with Crippen LogP contribution in [0.25, 0.3) is 0 Å². The number of nitrogens with two attached hydrogens (primary N) is 1. The van der Waals surface area contributed by atoms with Gasteiger partial charge in [-0.2, -0.15) is 0 Å². The quantitative estimate of drug-likeness (QED) is 0.865. The summed E-state index contributed by atoms with van der Waals surface area (Å²) in [6, 6.07) is 5.08. The molecule has 1 heterocycles. The van der Waals surface area contributed by atoms with E-state index in [0.717, 1.165) is 4.47 Å². The first-order chi connectivity index (χ1) is 7.54. The van der Waals surface area contributed by atoms with Crippen LogP contribution in [-0.2, 0) is 9.84 Å². The minimum Gasteiger partial charge on any atom is -0.379 e. The van der Waals surface area contributed by atoms with Gasteiger partial charge in [0.05, 0.1) is 16.3 Å². The highest BCUT2D eigenvalue weighted by atomic mass is 79.9. The molecule has 2 rings (SSSR count). The van der Waals surface area contributed by atoms with Crippen LogP contribution in [0.4, 0.5) is 5.69 Å². The first-order valence-electron chi connectivity index (χ1n) is 5.02. The maximum atomic E-state index is 12.0. The van der Waals surface area contributed by atoms with E-state index in [1.807, 2.05) is 6.07 Å². The highest BCUT2D eigenvalue weighted by Gasteiger charge is 2.30. The van der Waals surface area contributed by atoms with Gasteiger partial charge in [-0.05, 0) is 41.0 Å². The number of anilines is 1. The molecular weight excluding hydrogens is 292 g/mol. The van der Waals surface area contributed by atoms with Gasteiger partial charge >= 0.3 is 0 Å². The first kappa shape index (κ1) is 11.9. The fraction of sp³-hybridized carbons (Fsp3) is 0.400. The van der Waals surface area contributed by atoms with E-state index in [1.165, 1.54) is 0 Å². The topological polar surface area (TPSA) is 72.2 Å². The van der Waals surface area contributed by atoms with Gasteiger partial charge in [-0.3, -0.25) is 0 Å². The Morgan fingerprint density at radius 1 is 1.50 bits per heavy atom. The van der Waals surface area contributed by atoms with Crippen LogP contribution in [0, 0.1) is 0 Å². The van der Waals surface area contributed by atoms with Crippen LogP contribution in [-0.4, -0.2) is 26.8 Å². The summed E-state index contributed by atoms with van der Waals surface area (Å²) in [5.41, 5.74) is 6.12. The van der Waals surface area contributed by atoms with Crippen LogP contribution >= 0.6 is 15.9 Å². The van der Waals surface area contributed by atoms with Crippen LogP contribution < -0.4 is 11.1 Å². The number of para-hydroxylation sites is 1. The van der Waals surface area contributed by atoms with E-state index in [2.05, 4.69) is 21.2 Å². The van der Waals surface area contributed by atoms with Crippen molar-refractivity contribution in [3.05, 3.63) is 22.7 Å². The molecule has 6 heteroatoms. The van der Waals surface area contributed by atoms with E-state index < -0.39 is 9.84 Å². The molecule has 4 nitrogen and oxygen atoms in total. The summed E-state index contributed by atoms with van der Waals surface area (Å²) in [6.45, 7) is 0.479. The molecule has 3 N–H and O–H groups in total. The molecule has 88 valence electrons. The number of hydrogen-bond donors (Lipinski definition) is 2. The van der Waals surface area contributed by atoms with E-state index >= 15 is 0 Å². The Hall–Kier alpha value is -0.590. The van der Waals surface area contributed by atoms with Crippen molar-refractivity contribution in [2.24, 2.45) is 5.73 Å². The highest BCUT2D eigenvalue weighted by molar-refractivity contribution is 9.10. The Balaban J connectivity index is 2.48. The summed E-state index contributed by atoms with van der Waals surface area (Å²) >= 11 is 3.35. The third-order valence-electron chi connectivity index (χ3n) is 2.59. The van der Waals surface area contributed by atoms with Gasteiger partial charge in [0.15, 0.2) is 9.84 Å². The summed E-state index contributed by atoms with van der Waals surface area (Å²) in [6.07, 6.45) is 0.653. The van der Waals surface area contributed by atoms with Crippen LogP contribution in [0.1, 0.15) is 6.42 Å². The molecule has 0 aromatic heterocycles. The van der Waals surface area contributed by atoms with Gasteiger partial charge < -0.3 is 11.1 Å². The van der Waals surface area contributed by atoms with E-state index in [0.29, 0.717) is 23.5 Å². The van der Waals surface area contributed by atoms with Gasteiger partial charge in [0, 0.05) is 10.5 Å². The van der Waals surface area contributed by atoms with E-state index in [-0.39, 0.29) is 11.8 Å². The fourth-order valence-electron chi connectivity index (χ4n) is 1.86. The molecule has 1 aliphatic rings. The van der Waals surface area contributed by atoms with Crippen molar-refractivity contribution >= 4 is 31.5 Å². The van der Waals surface area contributed by atoms with Crippen molar-refractivity contribution in [1.29, 1.82) is 0 Å². The van der Waals surface area contributed by atoms with Gasteiger partial charge in [0.25, 0.3) is 0 Å². The lowest BCUT2D eigenvalue weighted by Crippen LogP contribution is -2.35. The molecule has 0 aliphatic carbocycles. The largest absolute Gasteiger partial charge is 0.379 e. The normalized spacial score (nSPS) is 22.2. The molecule has 1 aliphatic heterocycles. The lowest BCUT2D eigenvalue weighted by atomic mass is 10.2. The molecule has 16 heavy (non-hydrogen) atoms. The average Bonchev–Trinajstić information content (AvgIpc) is 2.19. The highest BCUT2D eigenvalue weighted by Crippen LogP contribution is 2.35. The number of nitrogens with one attached hydrogen (secondary N) is 1. The maximum Gasteiger partial charge on any atom is 0.182 e. The lowest BCUT2D eigenvalue weighted by Gasteiger charge is -2.27. The Bertz CT molecular complexity index is 502. The molecule has 0 amide bonds. The lowest BCUT2D eigenvalue weighted by molar-refractivity contribution is 0.580. The van der Waals surface area contributed by atoms with Crippen LogP contribution in [0.15, 0.2) is 27.6 Å². The molecule has 0 bridgehead atoms. The second-order valence-corrected chi connectivity index (χ2v) is 6.67. The molecule has 1 unspecified atom stereocenters. The molecule has 0 saturated heterocycles. The minimum absolute atomic E-state index is 0.0961. The van der Waals surface area contributed by atoms with Gasteiger partial charge in [0.2, 0.25) is 0 Å². The van der Waals surface area contributed by atoms with Crippen LogP contribution in [0.2, 0.25) is 0 Å². The fourth-order valence-corrected chi connectivity index (χ4v) is 4.20. The van der Waals surface area contributed by atoms with Crippen molar-refractivity contribution in [3.8, 4) is 0 Å². The van der Waals surface area contributed by atoms with Crippen molar-refractivity contribution in [3.63, 3.8) is 0 Å². The van der Waals surface area contributed by atoms with Crippen LogP contribution in [0.5, 0.6) is 0 Å². The van der Waals surface area contributed by atoms with Crippen molar-refractivity contribution < 1.29 is 8.42 Å². The Morgan fingerprint density at radius 2 is 2.25 bits per heavy atom. The Labute approximate surface area is 103 Å². The summed E-state index contributed by atoms with van der Waals surface area (Å²) in [5.74, 6) is 0.119. The number of benzene rings is 1. The van der Waals surface area contributed by atoms with Gasteiger partial charge in [0.1, 0.15) is 0 Å². The second-order valence-electron chi connectivity index (χ2n) is 3.81. The maximum absolute atomic E-state index is 12.0. The zero-order chi connectivity index (χ0) is 11.8. The number of hydrogen-bond acceptors (Lipinski definition) is 4. The number of fused-ring (bicyclic) bond motifs is 1. The van der Waals surface area contributed by atoms with Crippen LogP contribution in [0.3, 0.4) is 0 Å². The molecule has 0 fully saturated rings. The van der Waals surface area contributed by atoms with E-state index in [1.54, 1.807) is 12.1 Å². The monoisotopic (exact) mass is 304 g/mol. The number of sulfone groups is 1. The SMILES string of the molecule is NCCC1CS(=O)(=O)c2cccc(Br)c2N1. The molecule has 0 spiro atoms. The Kier molecular flexibility index (Phi) is 3.23. The van der Waals surface area contributed by atoms with Gasteiger partial charge in [-0.1, -0.05) is 6.07 Å². The predicted octanol–water partition coefficient (Wildman–Crippen LogP) is 1.37. The zero-order valence-electron chi connectivity index (χ0n) is 8.61. The molecule has 1 aromatic rings. The molecule has 0 saturated carbocycles. The smallest absolute Gasteiger partial charge is 0.182 e. The molecular formula is C10H13BrN2O2S. The van der Waals surface area contributed by atoms with E-state index in [9.17, 15) is 8.42 Å². The molecule has 1 atom stereocenters. The van der Waals surface area contributed by atoms with Gasteiger partial charge in [-0.15, -0.1) is 0 Å². The third-order valence-corrected chi connectivity index (χ3v) is 5.11. The zero-order valence-corrected chi connectivity index (χ0v) is 11.0. The summed E-state index contributed by atoms with van der Waals surface area (Å²) in [7, 11) is -3.18. The average molecular weight is 305 g/mol. The van der Waals surface area contributed by atoms with Crippen molar-refractivity contribution in [2.45, 2.75) is 17.4 Å². The second kappa shape index (κ2) is 4.35. The first-order valence-corrected chi connectivity index (χ1v) is 7.47.